The van der Waals surface area contributed by atoms with Gasteiger partial charge in [-0.05, 0) is 30.3 Å². The van der Waals surface area contributed by atoms with Gasteiger partial charge in [-0.1, -0.05) is 17.7 Å². The van der Waals surface area contributed by atoms with E-state index in [0.29, 0.717) is 17.1 Å². The molecule has 0 saturated heterocycles. The van der Waals surface area contributed by atoms with Gasteiger partial charge in [0.25, 0.3) is 5.91 Å². The minimum atomic E-state index is 0.0463. The molecule has 1 aliphatic heterocycles. The fourth-order valence-corrected chi connectivity index (χ4v) is 2.48. The van der Waals surface area contributed by atoms with Crippen LogP contribution in [-0.4, -0.2) is 21.9 Å². The molecule has 92 valence electrons. The third-order valence-corrected chi connectivity index (χ3v) is 3.48. The summed E-state index contributed by atoms with van der Waals surface area (Å²) in [5.41, 5.74) is 1.83. The van der Waals surface area contributed by atoms with E-state index >= 15 is 0 Å². The normalized spacial score (nSPS) is 14.4. The molecule has 0 bridgehead atoms. The summed E-state index contributed by atoms with van der Waals surface area (Å²) in [6, 6.07) is 11.2. The van der Waals surface area contributed by atoms with Crippen LogP contribution in [0.15, 0.2) is 42.6 Å². The lowest BCUT2D eigenvalue weighted by atomic mass is 10.2. The Kier molecular flexibility index (Phi) is 2.84. The van der Waals surface area contributed by atoms with E-state index in [1.807, 2.05) is 23.1 Å². The number of benzene rings is 1. The summed E-state index contributed by atoms with van der Waals surface area (Å²) in [6.07, 6.45) is 2.05. The molecule has 3 rings (SSSR count). The van der Waals surface area contributed by atoms with E-state index in [-0.39, 0.29) is 5.91 Å². The van der Waals surface area contributed by atoms with E-state index in [4.69, 9.17) is 11.6 Å². The number of rotatable bonds is 1. The van der Waals surface area contributed by atoms with Gasteiger partial charge < -0.3 is 9.47 Å². The van der Waals surface area contributed by atoms with Crippen LogP contribution in [0.2, 0.25) is 5.02 Å². The molecular weight excluding hydrogens is 248 g/mol. The standard InChI is InChI=1S/C14H13ClN2O/c15-12-4-1-3-11(9-12)14(18)17-8-7-16-6-2-5-13(16)10-17/h1-6,9H,7-8,10H2. The Morgan fingerprint density at radius 2 is 2.06 bits per heavy atom. The first-order valence-corrected chi connectivity index (χ1v) is 6.31. The number of carbonyl (C=O) groups excluding carboxylic acids is 1. The predicted molar refractivity (Wildman–Crippen MR) is 70.6 cm³/mol. The van der Waals surface area contributed by atoms with Gasteiger partial charge in [-0.15, -0.1) is 0 Å². The highest BCUT2D eigenvalue weighted by Gasteiger charge is 2.21. The van der Waals surface area contributed by atoms with Crippen molar-refractivity contribution >= 4 is 17.5 Å². The summed E-state index contributed by atoms with van der Waals surface area (Å²) < 4.78 is 2.18. The van der Waals surface area contributed by atoms with Crippen LogP contribution in [0.1, 0.15) is 16.1 Å². The molecule has 2 heterocycles. The molecule has 0 saturated carbocycles. The molecule has 2 aromatic rings. The Morgan fingerprint density at radius 1 is 1.17 bits per heavy atom. The summed E-state index contributed by atoms with van der Waals surface area (Å²) in [5, 5.41) is 0.598. The zero-order valence-corrected chi connectivity index (χ0v) is 10.6. The summed E-state index contributed by atoms with van der Waals surface area (Å²) >= 11 is 5.92. The topological polar surface area (TPSA) is 25.2 Å². The molecule has 0 spiro atoms. The molecule has 18 heavy (non-hydrogen) atoms. The van der Waals surface area contributed by atoms with E-state index in [2.05, 4.69) is 16.8 Å². The van der Waals surface area contributed by atoms with Gasteiger partial charge in [-0.3, -0.25) is 4.79 Å². The van der Waals surface area contributed by atoms with Crippen LogP contribution < -0.4 is 0 Å². The number of nitrogens with zero attached hydrogens (tertiary/aromatic N) is 2. The van der Waals surface area contributed by atoms with Crippen molar-refractivity contribution in [3.8, 4) is 0 Å². The molecule has 0 atom stereocenters. The smallest absolute Gasteiger partial charge is 0.254 e. The Labute approximate surface area is 111 Å². The largest absolute Gasteiger partial charge is 0.348 e. The Hall–Kier alpha value is -1.74. The summed E-state index contributed by atoms with van der Waals surface area (Å²) in [7, 11) is 0. The minimum absolute atomic E-state index is 0.0463. The first kappa shape index (κ1) is 11.4. The van der Waals surface area contributed by atoms with Crippen molar-refractivity contribution in [2.24, 2.45) is 0 Å². The van der Waals surface area contributed by atoms with Crippen LogP contribution in [0, 0.1) is 0 Å². The van der Waals surface area contributed by atoms with Crippen molar-refractivity contribution in [3.63, 3.8) is 0 Å². The van der Waals surface area contributed by atoms with Gasteiger partial charge >= 0.3 is 0 Å². The van der Waals surface area contributed by atoms with Crippen LogP contribution in [-0.2, 0) is 13.1 Å². The molecule has 0 unspecified atom stereocenters. The molecule has 0 fully saturated rings. The third-order valence-electron chi connectivity index (χ3n) is 3.25. The van der Waals surface area contributed by atoms with Crippen LogP contribution in [0.4, 0.5) is 0 Å². The quantitative estimate of drug-likeness (QED) is 0.774. The van der Waals surface area contributed by atoms with Gasteiger partial charge in [-0.25, -0.2) is 0 Å². The summed E-state index contributed by atoms with van der Waals surface area (Å²) in [6.45, 7) is 2.26. The number of hydrogen-bond acceptors (Lipinski definition) is 1. The SMILES string of the molecule is O=C(c1cccc(Cl)c1)N1CCn2cccc2C1. The number of fused-ring (bicyclic) bond motifs is 1. The number of aromatic nitrogens is 1. The molecular formula is C14H13ClN2O. The Balaban J connectivity index is 1.83. The number of amides is 1. The highest BCUT2D eigenvalue weighted by molar-refractivity contribution is 6.30. The molecule has 0 N–H and O–H groups in total. The van der Waals surface area contributed by atoms with E-state index in [0.717, 1.165) is 13.1 Å². The highest BCUT2D eigenvalue weighted by Crippen LogP contribution is 2.17. The van der Waals surface area contributed by atoms with Crippen molar-refractivity contribution in [1.82, 2.24) is 9.47 Å². The van der Waals surface area contributed by atoms with Gasteiger partial charge in [0, 0.05) is 35.6 Å². The Morgan fingerprint density at radius 3 is 2.89 bits per heavy atom. The van der Waals surface area contributed by atoms with Crippen molar-refractivity contribution in [2.45, 2.75) is 13.1 Å². The second-order valence-electron chi connectivity index (χ2n) is 4.43. The first-order chi connectivity index (χ1) is 8.74. The Bertz CT molecular complexity index is 591. The van der Waals surface area contributed by atoms with E-state index < -0.39 is 0 Å². The summed E-state index contributed by atoms with van der Waals surface area (Å²) in [4.78, 5) is 14.2. The number of halogens is 1. The third kappa shape index (κ3) is 2.02. The van der Waals surface area contributed by atoms with Crippen molar-refractivity contribution in [1.29, 1.82) is 0 Å². The molecule has 1 aromatic carbocycles. The predicted octanol–water partition coefficient (Wildman–Crippen LogP) is 2.80. The van der Waals surface area contributed by atoms with Crippen molar-refractivity contribution in [3.05, 3.63) is 58.9 Å². The van der Waals surface area contributed by atoms with Crippen molar-refractivity contribution in [2.75, 3.05) is 6.54 Å². The van der Waals surface area contributed by atoms with Crippen LogP contribution in [0.3, 0.4) is 0 Å². The van der Waals surface area contributed by atoms with Gasteiger partial charge in [-0.2, -0.15) is 0 Å². The highest BCUT2D eigenvalue weighted by atomic mass is 35.5. The fourth-order valence-electron chi connectivity index (χ4n) is 2.29. The zero-order chi connectivity index (χ0) is 12.5. The van der Waals surface area contributed by atoms with Gasteiger partial charge in [0.05, 0.1) is 6.54 Å². The lowest BCUT2D eigenvalue weighted by molar-refractivity contribution is 0.0711. The molecule has 4 heteroatoms. The molecule has 1 aliphatic rings. The average molecular weight is 261 g/mol. The van der Waals surface area contributed by atoms with Crippen molar-refractivity contribution < 1.29 is 4.79 Å². The first-order valence-electron chi connectivity index (χ1n) is 5.93. The van der Waals surface area contributed by atoms with Crippen LogP contribution in [0.25, 0.3) is 0 Å². The lowest BCUT2D eigenvalue weighted by Crippen LogP contribution is -2.37. The monoisotopic (exact) mass is 260 g/mol. The molecule has 0 aliphatic carbocycles. The van der Waals surface area contributed by atoms with E-state index in [1.54, 1.807) is 12.1 Å². The molecule has 3 nitrogen and oxygen atoms in total. The zero-order valence-electron chi connectivity index (χ0n) is 9.84. The lowest BCUT2D eigenvalue weighted by Gasteiger charge is -2.28. The summed E-state index contributed by atoms with van der Waals surface area (Å²) in [5.74, 6) is 0.0463. The maximum atomic E-state index is 12.3. The second-order valence-corrected chi connectivity index (χ2v) is 4.87. The maximum Gasteiger partial charge on any atom is 0.254 e. The molecule has 1 aromatic heterocycles. The van der Waals surface area contributed by atoms with Gasteiger partial charge in [0.2, 0.25) is 0 Å². The van der Waals surface area contributed by atoms with Gasteiger partial charge in [0.1, 0.15) is 0 Å². The van der Waals surface area contributed by atoms with E-state index in [9.17, 15) is 4.79 Å². The fraction of sp³-hybridized carbons (Fsp3) is 0.214. The van der Waals surface area contributed by atoms with Crippen LogP contribution in [0.5, 0.6) is 0 Å². The van der Waals surface area contributed by atoms with Crippen LogP contribution >= 0.6 is 11.6 Å². The van der Waals surface area contributed by atoms with Gasteiger partial charge in [0.15, 0.2) is 0 Å². The second kappa shape index (κ2) is 4.50. The molecule has 1 amide bonds. The number of carbonyl (C=O) groups is 1. The number of hydrogen-bond donors (Lipinski definition) is 0. The maximum absolute atomic E-state index is 12.3. The molecule has 0 radical (unpaired) electrons. The average Bonchev–Trinajstić information content (AvgIpc) is 2.85. The van der Waals surface area contributed by atoms with E-state index in [1.165, 1.54) is 5.69 Å². The minimum Gasteiger partial charge on any atom is -0.348 e.